The van der Waals surface area contributed by atoms with E-state index < -0.39 is 0 Å². The van der Waals surface area contributed by atoms with Crippen molar-refractivity contribution in [1.82, 2.24) is 5.32 Å². The van der Waals surface area contributed by atoms with Crippen molar-refractivity contribution in [3.63, 3.8) is 0 Å². The Bertz CT molecular complexity index is 591. The standard InChI is InChI=1S/C17H17NO2/c1-20-16-10-6-5-9-15(16)11-12-17(19)18-13-14-7-3-2-4-8-14/h2-12H,13H2,1H3,(H,18,19)/b12-11-. The number of carbonyl (C=O) groups excluding carboxylic acids is 1. The van der Waals surface area contributed by atoms with Crippen LogP contribution >= 0.6 is 0 Å². The van der Waals surface area contributed by atoms with Gasteiger partial charge in [0, 0.05) is 18.2 Å². The van der Waals surface area contributed by atoms with Crippen LogP contribution in [0, 0.1) is 0 Å². The van der Waals surface area contributed by atoms with Crippen molar-refractivity contribution in [2.24, 2.45) is 0 Å². The lowest BCUT2D eigenvalue weighted by Crippen LogP contribution is -2.20. The molecule has 20 heavy (non-hydrogen) atoms. The normalized spacial score (nSPS) is 10.4. The topological polar surface area (TPSA) is 38.3 Å². The van der Waals surface area contributed by atoms with Crippen molar-refractivity contribution < 1.29 is 9.53 Å². The monoisotopic (exact) mass is 267 g/mol. The number of hydrogen-bond donors (Lipinski definition) is 1. The Morgan fingerprint density at radius 1 is 1.10 bits per heavy atom. The maximum Gasteiger partial charge on any atom is 0.244 e. The average molecular weight is 267 g/mol. The van der Waals surface area contributed by atoms with Crippen molar-refractivity contribution in [3.05, 3.63) is 71.8 Å². The number of benzene rings is 2. The zero-order chi connectivity index (χ0) is 14.2. The Balaban J connectivity index is 1.92. The first-order valence-corrected chi connectivity index (χ1v) is 6.42. The zero-order valence-corrected chi connectivity index (χ0v) is 11.4. The lowest BCUT2D eigenvalue weighted by molar-refractivity contribution is -0.116. The first-order chi connectivity index (χ1) is 9.79. The largest absolute Gasteiger partial charge is 0.496 e. The number of carbonyl (C=O) groups is 1. The molecule has 0 atom stereocenters. The SMILES string of the molecule is COc1ccccc1/C=C\C(=O)NCc1ccccc1. The van der Waals surface area contributed by atoms with Crippen molar-refractivity contribution >= 4 is 12.0 Å². The highest BCUT2D eigenvalue weighted by Gasteiger charge is 1.99. The second kappa shape index (κ2) is 7.14. The fraction of sp³-hybridized carbons (Fsp3) is 0.118. The third-order valence-corrected chi connectivity index (χ3v) is 2.86. The minimum Gasteiger partial charge on any atom is -0.496 e. The molecule has 0 saturated carbocycles. The second-order valence-electron chi connectivity index (χ2n) is 4.28. The fourth-order valence-corrected chi connectivity index (χ4v) is 1.81. The molecular weight excluding hydrogens is 250 g/mol. The van der Waals surface area contributed by atoms with Crippen molar-refractivity contribution in [3.8, 4) is 5.75 Å². The minimum atomic E-state index is -0.125. The van der Waals surface area contributed by atoms with Gasteiger partial charge in [-0.2, -0.15) is 0 Å². The van der Waals surface area contributed by atoms with Crippen molar-refractivity contribution in [1.29, 1.82) is 0 Å². The Kier molecular flexibility index (Phi) is 4.95. The van der Waals surface area contributed by atoms with Gasteiger partial charge < -0.3 is 10.1 Å². The first kappa shape index (κ1) is 13.9. The van der Waals surface area contributed by atoms with Gasteiger partial charge in [-0.15, -0.1) is 0 Å². The van der Waals surface area contributed by atoms with Crippen LogP contribution < -0.4 is 10.1 Å². The van der Waals surface area contributed by atoms with Gasteiger partial charge in [0.05, 0.1) is 7.11 Å². The van der Waals surface area contributed by atoms with Crippen LogP contribution in [0.5, 0.6) is 5.75 Å². The molecule has 3 heteroatoms. The molecule has 1 N–H and O–H groups in total. The summed E-state index contributed by atoms with van der Waals surface area (Å²) >= 11 is 0. The molecule has 0 fully saturated rings. The molecule has 3 nitrogen and oxygen atoms in total. The van der Waals surface area contributed by atoms with Crippen LogP contribution in [0.25, 0.3) is 6.08 Å². The van der Waals surface area contributed by atoms with Gasteiger partial charge in [-0.25, -0.2) is 0 Å². The summed E-state index contributed by atoms with van der Waals surface area (Å²) in [6, 6.07) is 17.4. The van der Waals surface area contributed by atoms with Crippen molar-refractivity contribution in [2.45, 2.75) is 6.54 Å². The second-order valence-corrected chi connectivity index (χ2v) is 4.28. The van der Waals surface area contributed by atoms with Crippen LogP contribution in [0.2, 0.25) is 0 Å². The van der Waals surface area contributed by atoms with E-state index in [0.29, 0.717) is 6.54 Å². The molecule has 2 aromatic carbocycles. The highest BCUT2D eigenvalue weighted by Crippen LogP contribution is 2.18. The highest BCUT2D eigenvalue weighted by molar-refractivity contribution is 5.92. The predicted molar refractivity (Wildman–Crippen MR) is 80.3 cm³/mol. The Morgan fingerprint density at radius 2 is 1.80 bits per heavy atom. The predicted octanol–water partition coefficient (Wildman–Crippen LogP) is 3.02. The Hall–Kier alpha value is -2.55. The van der Waals surface area contributed by atoms with E-state index in [9.17, 15) is 4.79 Å². The molecule has 0 aromatic heterocycles. The molecule has 0 heterocycles. The lowest BCUT2D eigenvalue weighted by atomic mass is 10.2. The molecule has 0 bridgehead atoms. The zero-order valence-electron chi connectivity index (χ0n) is 11.4. The number of rotatable bonds is 5. The molecule has 0 aliphatic carbocycles. The maximum atomic E-state index is 11.8. The number of para-hydroxylation sites is 1. The molecule has 0 aliphatic heterocycles. The summed E-state index contributed by atoms with van der Waals surface area (Å²) in [5.41, 5.74) is 1.96. The maximum absolute atomic E-state index is 11.8. The number of amides is 1. The summed E-state index contributed by atoms with van der Waals surface area (Å²) in [4.78, 5) is 11.8. The van der Waals surface area contributed by atoms with Gasteiger partial charge in [0.25, 0.3) is 0 Å². The van der Waals surface area contributed by atoms with Crippen LogP contribution in [0.4, 0.5) is 0 Å². The Labute approximate surface area is 118 Å². The van der Waals surface area contributed by atoms with E-state index in [1.165, 1.54) is 6.08 Å². The van der Waals surface area contributed by atoms with Gasteiger partial charge in [-0.1, -0.05) is 48.5 Å². The molecule has 1 amide bonds. The molecular formula is C17H17NO2. The summed E-state index contributed by atoms with van der Waals surface area (Å²) < 4.78 is 5.22. The van der Waals surface area contributed by atoms with Gasteiger partial charge in [-0.3, -0.25) is 4.79 Å². The minimum absolute atomic E-state index is 0.125. The molecule has 0 spiro atoms. The molecule has 0 aliphatic rings. The summed E-state index contributed by atoms with van der Waals surface area (Å²) in [5, 5.41) is 2.84. The number of hydrogen-bond acceptors (Lipinski definition) is 2. The van der Waals surface area contributed by atoms with E-state index in [4.69, 9.17) is 4.74 Å². The Morgan fingerprint density at radius 3 is 2.55 bits per heavy atom. The summed E-state index contributed by atoms with van der Waals surface area (Å²) in [6.45, 7) is 0.524. The van der Waals surface area contributed by atoms with Crippen LogP contribution in [0.15, 0.2) is 60.7 Å². The summed E-state index contributed by atoms with van der Waals surface area (Å²) in [6.07, 6.45) is 3.26. The van der Waals surface area contributed by atoms with Crippen molar-refractivity contribution in [2.75, 3.05) is 7.11 Å². The van der Waals surface area contributed by atoms with E-state index in [1.807, 2.05) is 54.6 Å². The third kappa shape index (κ3) is 3.99. The molecule has 2 rings (SSSR count). The van der Waals surface area contributed by atoms with Gasteiger partial charge in [-0.05, 0) is 17.7 Å². The van der Waals surface area contributed by atoms with E-state index in [2.05, 4.69) is 5.32 Å². The van der Waals surface area contributed by atoms with E-state index in [-0.39, 0.29) is 5.91 Å². The van der Waals surface area contributed by atoms with Crippen LogP contribution in [0.1, 0.15) is 11.1 Å². The average Bonchev–Trinajstić information content (AvgIpc) is 2.52. The van der Waals surface area contributed by atoms with Gasteiger partial charge >= 0.3 is 0 Å². The fourth-order valence-electron chi connectivity index (χ4n) is 1.81. The van der Waals surface area contributed by atoms with Crippen LogP contribution in [0.3, 0.4) is 0 Å². The lowest BCUT2D eigenvalue weighted by Gasteiger charge is -2.04. The molecule has 102 valence electrons. The van der Waals surface area contributed by atoms with Gasteiger partial charge in [0.2, 0.25) is 5.91 Å². The molecule has 0 saturated heterocycles. The number of nitrogens with one attached hydrogen (secondary N) is 1. The quantitative estimate of drug-likeness (QED) is 0.846. The first-order valence-electron chi connectivity index (χ1n) is 6.42. The third-order valence-electron chi connectivity index (χ3n) is 2.86. The number of methoxy groups -OCH3 is 1. The van der Waals surface area contributed by atoms with E-state index in [0.717, 1.165) is 16.9 Å². The van der Waals surface area contributed by atoms with Gasteiger partial charge in [0.15, 0.2) is 0 Å². The van der Waals surface area contributed by atoms with E-state index in [1.54, 1.807) is 13.2 Å². The molecule has 0 unspecified atom stereocenters. The molecule has 2 aromatic rings. The van der Waals surface area contributed by atoms with Crippen LogP contribution in [-0.4, -0.2) is 13.0 Å². The van der Waals surface area contributed by atoms with Gasteiger partial charge in [0.1, 0.15) is 5.75 Å². The highest BCUT2D eigenvalue weighted by atomic mass is 16.5. The molecule has 0 radical (unpaired) electrons. The van der Waals surface area contributed by atoms with Crippen LogP contribution in [-0.2, 0) is 11.3 Å². The number of ether oxygens (including phenoxy) is 1. The summed E-state index contributed by atoms with van der Waals surface area (Å²) in [5.74, 6) is 0.624. The van der Waals surface area contributed by atoms with E-state index >= 15 is 0 Å². The smallest absolute Gasteiger partial charge is 0.244 e. The summed E-state index contributed by atoms with van der Waals surface area (Å²) in [7, 11) is 1.61.